The van der Waals surface area contributed by atoms with E-state index in [4.69, 9.17) is 15.3 Å². The van der Waals surface area contributed by atoms with Crippen LogP contribution in [0.5, 0.6) is 5.75 Å². The molecule has 0 bridgehead atoms. The van der Waals surface area contributed by atoms with Gasteiger partial charge >= 0.3 is 5.97 Å². The fourth-order valence-electron chi connectivity index (χ4n) is 1.40. The Balaban J connectivity index is 2.59. The molecule has 0 radical (unpaired) electrons. The van der Waals surface area contributed by atoms with Crippen molar-refractivity contribution >= 4 is 16.9 Å². The van der Waals surface area contributed by atoms with Gasteiger partial charge in [-0.25, -0.2) is 0 Å². The summed E-state index contributed by atoms with van der Waals surface area (Å²) in [5.74, 6) is -1.36. The molecule has 0 saturated carbocycles. The topological polar surface area (TPSA) is 96.7 Å². The third-order valence-electron chi connectivity index (χ3n) is 2.20. The molecule has 1 atom stereocenters. The second-order valence-electron chi connectivity index (χ2n) is 3.19. The van der Waals surface area contributed by atoms with E-state index in [2.05, 4.69) is 0 Å². The maximum absolute atomic E-state index is 10.7. The number of phenols is 1. The minimum Gasteiger partial charge on any atom is -0.507 e. The van der Waals surface area contributed by atoms with Crippen molar-refractivity contribution in [2.24, 2.45) is 5.73 Å². The molecule has 5 nitrogen and oxygen atoms in total. The second-order valence-corrected chi connectivity index (χ2v) is 3.19. The zero-order chi connectivity index (χ0) is 11.0. The van der Waals surface area contributed by atoms with E-state index in [1.165, 1.54) is 18.4 Å². The van der Waals surface area contributed by atoms with Gasteiger partial charge in [0.1, 0.15) is 17.4 Å². The van der Waals surface area contributed by atoms with Crippen LogP contribution in [0.4, 0.5) is 0 Å². The molecule has 0 amide bonds. The predicted molar refractivity (Wildman–Crippen MR) is 52.4 cm³/mol. The second kappa shape index (κ2) is 3.29. The molecule has 1 aromatic carbocycles. The van der Waals surface area contributed by atoms with Gasteiger partial charge in [0, 0.05) is 17.0 Å². The van der Waals surface area contributed by atoms with Crippen LogP contribution < -0.4 is 5.73 Å². The van der Waals surface area contributed by atoms with E-state index in [0.717, 1.165) is 0 Å². The fourth-order valence-corrected chi connectivity index (χ4v) is 1.40. The van der Waals surface area contributed by atoms with Crippen molar-refractivity contribution in [3.63, 3.8) is 0 Å². The summed E-state index contributed by atoms with van der Waals surface area (Å²) in [7, 11) is 0. The normalized spacial score (nSPS) is 12.9. The first kappa shape index (κ1) is 9.54. The maximum Gasteiger partial charge on any atom is 0.325 e. The molecule has 0 aliphatic carbocycles. The molecule has 5 heteroatoms. The van der Waals surface area contributed by atoms with Gasteiger partial charge in [0.2, 0.25) is 0 Å². The third-order valence-corrected chi connectivity index (χ3v) is 2.20. The Kier molecular flexibility index (Phi) is 2.09. The number of benzene rings is 1. The first-order valence-electron chi connectivity index (χ1n) is 4.28. The Morgan fingerprint density at radius 2 is 2.20 bits per heavy atom. The summed E-state index contributed by atoms with van der Waals surface area (Å²) in [4.78, 5) is 10.7. The number of hydrogen-bond acceptors (Lipinski definition) is 4. The van der Waals surface area contributed by atoms with E-state index >= 15 is 0 Å². The summed E-state index contributed by atoms with van der Waals surface area (Å²) < 4.78 is 5.05. The van der Waals surface area contributed by atoms with Crippen molar-refractivity contribution in [3.05, 3.63) is 30.0 Å². The van der Waals surface area contributed by atoms with Gasteiger partial charge in [-0.05, 0) is 12.1 Å². The average Bonchev–Trinajstić information content (AvgIpc) is 2.62. The smallest absolute Gasteiger partial charge is 0.325 e. The number of furan rings is 1. The van der Waals surface area contributed by atoms with Crippen LogP contribution >= 0.6 is 0 Å². The molecule has 15 heavy (non-hydrogen) atoms. The molecule has 2 rings (SSSR count). The molecule has 4 N–H and O–H groups in total. The zero-order valence-corrected chi connectivity index (χ0v) is 7.68. The lowest BCUT2D eigenvalue weighted by molar-refractivity contribution is -0.138. The highest BCUT2D eigenvalue weighted by Crippen LogP contribution is 2.29. The standard InChI is InChI=1S/C10H9NO4/c11-9(10(13)14)6-3-5-1-2-15-8(5)4-7(6)12/h1-4,9,12H,11H2,(H,13,14). The van der Waals surface area contributed by atoms with E-state index in [1.807, 2.05) is 0 Å². The van der Waals surface area contributed by atoms with Crippen LogP contribution in [0.3, 0.4) is 0 Å². The van der Waals surface area contributed by atoms with Gasteiger partial charge in [0.25, 0.3) is 0 Å². The highest BCUT2D eigenvalue weighted by molar-refractivity contribution is 5.84. The van der Waals surface area contributed by atoms with Gasteiger partial charge in [-0.15, -0.1) is 0 Å². The molecule has 0 aliphatic heterocycles. The average molecular weight is 207 g/mol. The number of aliphatic carboxylic acids is 1. The maximum atomic E-state index is 10.7. The zero-order valence-electron chi connectivity index (χ0n) is 7.68. The molecule has 0 fully saturated rings. The molecule has 2 aromatic rings. The Morgan fingerprint density at radius 1 is 1.47 bits per heavy atom. The van der Waals surface area contributed by atoms with Gasteiger partial charge in [0.05, 0.1) is 6.26 Å². The summed E-state index contributed by atoms with van der Waals surface area (Å²) >= 11 is 0. The third kappa shape index (κ3) is 1.53. The van der Waals surface area contributed by atoms with Gasteiger partial charge in [0.15, 0.2) is 0 Å². The Morgan fingerprint density at radius 3 is 2.87 bits per heavy atom. The lowest BCUT2D eigenvalue weighted by atomic mass is 10.0. The minimum absolute atomic E-state index is 0.174. The number of carbonyl (C=O) groups is 1. The van der Waals surface area contributed by atoms with E-state index < -0.39 is 12.0 Å². The van der Waals surface area contributed by atoms with Crippen LogP contribution in [0.25, 0.3) is 11.0 Å². The van der Waals surface area contributed by atoms with Crippen LogP contribution in [0.1, 0.15) is 11.6 Å². The van der Waals surface area contributed by atoms with E-state index in [9.17, 15) is 9.90 Å². The predicted octanol–water partition coefficient (Wildman–Crippen LogP) is 1.22. The summed E-state index contributed by atoms with van der Waals surface area (Å²) in [6.07, 6.45) is 1.46. The number of carboxylic acids is 1. The SMILES string of the molecule is NC(C(=O)O)c1cc2ccoc2cc1O. The van der Waals surface area contributed by atoms with Crippen LogP contribution in [-0.2, 0) is 4.79 Å². The highest BCUT2D eigenvalue weighted by Gasteiger charge is 2.19. The Hall–Kier alpha value is -2.01. The van der Waals surface area contributed by atoms with Crippen molar-refractivity contribution in [2.45, 2.75) is 6.04 Å². The van der Waals surface area contributed by atoms with Crippen molar-refractivity contribution in [1.82, 2.24) is 0 Å². The van der Waals surface area contributed by atoms with Gasteiger partial charge in [-0.1, -0.05) is 0 Å². The van der Waals surface area contributed by atoms with Crippen molar-refractivity contribution in [1.29, 1.82) is 0 Å². The molecule has 1 heterocycles. The highest BCUT2D eigenvalue weighted by atomic mass is 16.4. The number of nitrogens with two attached hydrogens (primary N) is 1. The Bertz CT molecular complexity index is 517. The van der Waals surface area contributed by atoms with Crippen molar-refractivity contribution in [2.75, 3.05) is 0 Å². The van der Waals surface area contributed by atoms with E-state index in [-0.39, 0.29) is 11.3 Å². The molecular formula is C10H9NO4. The summed E-state index contributed by atoms with van der Waals surface area (Å²) in [6.45, 7) is 0. The molecule has 1 unspecified atom stereocenters. The van der Waals surface area contributed by atoms with Crippen molar-refractivity contribution < 1.29 is 19.4 Å². The van der Waals surface area contributed by atoms with Crippen molar-refractivity contribution in [3.8, 4) is 5.75 Å². The van der Waals surface area contributed by atoms with Crippen LogP contribution in [0, 0.1) is 0 Å². The quantitative estimate of drug-likeness (QED) is 0.688. The van der Waals surface area contributed by atoms with Gasteiger partial charge in [-0.2, -0.15) is 0 Å². The van der Waals surface area contributed by atoms with Gasteiger partial charge < -0.3 is 20.4 Å². The number of aromatic hydroxyl groups is 1. The fraction of sp³-hybridized carbons (Fsp3) is 0.100. The Labute approximate surface area is 84.7 Å². The lowest BCUT2D eigenvalue weighted by Gasteiger charge is -2.08. The number of carboxylic acid groups (broad SMARTS) is 1. The minimum atomic E-state index is -1.23. The number of rotatable bonds is 2. The number of hydrogen-bond donors (Lipinski definition) is 3. The number of phenolic OH excluding ortho intramolecular Hbond substituents is 1. The van der Waals surface area contributed by atoms with Crippen LogP contribution in [-0.4, -0.2) is 16.2 Å². The van der Waals surface area contributed by atoms with Crippen LogP contribution in [0.2, 0.25) is 0 Å². The lowest BCUT2D eigenvalue weighted by Crippen LogP contribution is -2.20. The molecule has 0 saturated heterocycles. The molecule has 1 aromatic heterocycles. The molecule has 0 aliphatic rings. The molecule has 78 valence electrons. The summed E-state index contributed by atoms with van der Waals surface area (Å²) in [6, 6.07) is 3.30. The van der Waals surface area contributed by atoms with E-state index in [0.29, 0.717) is 11.0 Å². The summed E-state index contributed by atoms with van der Waals surface area (Å²) in [5.41, 5.74) is 6.08. The summed E-state index contributed by atoms with van der Waals surface area (Å²) in [5, 5.41) is 19.0. The monoisotopic (exact) mass is 207 g/mol. The first-order valence-corrected chi connectivity index (χ1v) is 4.28. The molecular weight excluding hydrogens is 198 g/mol. The van der Waals surface area contributed by atoms with Crippen LogP contribution in [0.15, 0.2) is 28.9 Å². The van der Waals surface area contributed by atoms with E-state index in [1.54, 1.807) is 6.07 Å². The largest absolute Gasteiger partial charge is 0.507 e. The number of fused-ring (bicyclic) bond motifs is 1. The van der Waals surface area contributed by atoms with Gasteiger partial charge in [-0.3, -0.25) is 4.79 Å². The first-order chi connectivity index (χ1) is 7.09. The molecule has 0 spiro atoms.